The van der Waals surface area contributed by atoms with E-state index in [-0.39, 0.29) is 0 Å². The molecule has 2 heterocycles. The first-order valence-corrected chi connectivity index (χ1v) is 5.50. The minimum absolute atomic E-state index is 0.901. The molecule has 5 heteroatoms. The number of anilines is 2. The van der Waals surface area contributed by atoms with Crippen molar-refractivity contribution in [1.82, 2.24) is 9.36 Å². The van der Waals surface area contributed by atoms with Crippen molar-refractivity contribution in [3.8, 4) is 0 Å². The van der Waals surface area contributed by atoms with Crippen molar-refractivity contribution in [2.24, 2.45) is 0 Å². The SMILES string of the molecule is CCNc1nc(N2CCCC2)ns1. The molecule has 1 aliphatic rings. The van der Waals surface area contributed by atoms with Gasteiger partial charge in [-0.1, -0.05) is 0 Å². The van der Waals surface area contributed by atoms with Gasteiger partial charge in [0.2, 0.25) is 11.1 Å². The lowest BCUT2D eigenvalue weighted by molar-refractivity contribution is 0.921. The van der Waals surface area contributed by atoms with Gasteiger partial charge >= 0.3 is 0 Å². The smallest absolute Gasteiger partial charge is 0.239 e. The van der Waals surface area contributed by atoms with Crippen LogP contribution >= 0.6 is 11.5 Å². The van der Waals surface area contributed by atoms with Gasteiger partial charge in [-0.2, -0.15) is 9.36 Å². The largest absolute Gasteiger partial charge is 0.361 e. The molecule has 0 saturated carbocycles. The predicted molar refractivity (Wildman–Crippen MR) is 55.5 cm³/mol. The first-order chi connectivity index (χ1) is 6.40. The van der Waals surface area contributed by atoms with Crippen LogP contribution in [-0.4, -0.2) is 29.0 Å². The Morgan fingerprint density at radius 1 is 1.46 bits per heavy atom. The van der Waals surface area contributed by atoms with Crippen molar-refractivity contribution in [3.05, 3.63) is 0 Å². The lowest BCUT2D eigenvalue weighted by Crippen LogP contribution is -2.18. The Morgan fingerprint density at radius 2 is 2.23 bits per heavy atom. The summed E-state index contributed by atoms with van der Waals surface area (Å²) in [5.41, 5.74) is 0. The Labute approximate surface area is 82.1 Å². The van der Waals surface area contributed by atoms with Gasteiger partial charge in [-0.25, -0.2) is 0 Å². The molecule has 0 radical (unpaired) electrons. The van der Waals surface area contributed by atoms with Gasteiger partial charge in [0.05, 0.1) is 0 Å². The maximum atomic E-state index is 4.40. The van der Waals surface area contributed by atoms with Crippen molar-refractivity contribution in [2.75, 3.05) is 29.9 Å². The molecular weight excluding hydrogens is 184 g/mol. The maximum absolute atomic E-state index is 4.40. The highest BCUT2D eigenvalue weighted by molar-refractivity contribution is 7.09. The molecule has 1 fully saturated rings. The van der Waals surface area contributed by atoms with Crippen LogP contribution in [0.15, 0.2) is 0 Å². The zero-order valence-corrected chi connectivity index (χ0v) is 8.60. The summed E-state index contributed by atoms with van der Waals surface area (Å²) in [5, 5.41) is 4.10. The Balaban J connectivity index is 2.03. The van der Waals surface area contributed by atoms with Gasteiger partial charge in [-0.15, -0.1) is 0 Å². The fourth-order valence-electron chi connectivity index (χ4n) is 1.48. The molecule has 0 aromatic carbocycles. The van der Waals surface area contributed by atoms with Gasteiger partial charge in [0.1, 0.15) is 0 Å². The minimum atomic E-state index is 0.901. The third-order valence-electron chi connectivity index (χ3n) is 2.13. The normalized spacial score (nSPS) is 16.5. The Hall–Kier alpha value is -0.840. The molecule has 0 amide bonds. The molecule has 72 valence electrons. The zero-order chi connectivity index (χ0) is 9.10. The van der Waals surface area contributed by atoms with Crippen LogP contribution in [0.25, 0.3) is 0 Å². The molecule has 1 aliphatic heterocycles. The third-order valence-corrected chi connectivity index (χ3v) is 2.80. The van der Waals surface area contributed by atoms with Crippen LogP contribution in [0, 0.1) is 0 Å². The summed E-state index contributed by atoms with van der Waals surface area (Å²) in [7, 11) is 0. The van der Waals surface area contributed by atoms with Gasteiger partial charge in [0.25, 0.3) is 0 Å². The molecule has 0 bridgehead atoms. The van der Waals surface area contributed by atoms with Crippen molar-refractivity contribution in [2.45, 2.75) is 19.8 Å². The monoisotopic (exact) mass is 198 g/mol. The number of nitrogens with one attached hydrogen (secondary N) is 1. The lowest BCUT2D eigenvalue weighted by atomic mass is 10.4. The second kappa shape index (κ2) is 3.91. The summed E-state index contributed by atoms with van der Waals surface area (Å²) in [6, 6.07) is 0. The highest BCUT2D eigenvalue weighted by Crippen LogP contribution is 2.21. The van der Waals surface area contributed by atoms with E-state index in [1.807, 2.05) is 0 Å². The van der Waals surface area contributed by atoms with Crippen LogP contribution < -0.4 is 10.2 Å². The van der Waals surface area contributed by atoms with Crippen LogP contribution in [0.3, 0.4) is 0 Å². The summed E-state index contributed by atoms with van der Waals surface area (Å²) in [5.74, 6) is 0.901. The van der Waals surface area contributed by atoms with Crippen LogP contribution in [0.5, 0.6) is 0 Å². The van der Waals surface area contributed by atoms with E-state index in [1.54, 1.807) is 0 Å². The Morgan fingerprint density at radius 3 is 2.92 bits per heavy atom. The molecule has 2 rings (SSSR count). The van der Waals surface area contributed by atoms with E-state index in [9.17, 15) is 0 Å². The fourth-order valence-corrected chi connectivity index (χ4v) is 2.14. The predicted octanol–water partition coefficient (Wildman–Crippen LogP) is 1.57. The van der Waals surface area contributed by atoms with Gasteiger partial charge in [0.15, 0.2) is 0 Å². The second-order valence-electron chi connectivity index (χ2n) is 3.12. The Kier molecular flexibility index (Phi) is 2.63. The summed E-state index contributed by atoms with van der Waals surface area (Å²) in [6.45, 7) is 5.20. The maximum Gasteiger partial charge on any atom is 0.239 e. The van der Waals surface area contributed by atoms with E-state index in [0.717, 1.165) is 30.7 Å². The minimum Gasteiger partial charge on any atom is -0.361 e. The highest BCUT2D eigenvalue weighted by atomic mass is 32.1. The number of rotatable bonds is 3. The molecule has 0 atom stereocenters. The number of nitrogens with zero attached hydrogens (tertiary/aromatic N) is 3. The molecule has 1 saturated heterocycles. The second-order valence-corrected chi connectivity index (χ2v) is 3.88. The van der Waals surface area contributed by atoms with Crippen molar-refractivity contribution in [1.29, 1.82) is 0 Å². The Bertz CT molecular complexity index is 267. The summed E-state index contributed by atoms with van der Waals surface area (Å²) < 4.78 is 4.31. The summed E-state index contributed by atoms with van der Waals surface area (Å²) in [4.78, 5) is 6.65. The van der Waals surface area contributed by atoms with Crippen molar-refractivity contribution in [3.63, 3.8) is 0 Å². The molecule has 1 aromatic heterocycles. The van der Waals surface area contributed by atoms with Gasteiger partial charge in [-0.05, 0) is 19.8 Å². The quantitative estimate of drug-likeness (QED) is 0.800. The van der Waals surface area contributed by atoms with Crippen LogP contribution in [0.4, 0.5) is 11.1 Å². The van der Waals surface area contributed by atoms with Crippen LogP contribution in [0.2, 0.25) is 0 Å². The van der Waals surface area contributed by atoms with Gasteiger partial charge < -0.3 is 10.2 Å². The van der Waals surface area contributed by atoms with E-state index in [0.29, 0.717) is 0 Å². The molecule has 0 aliphatic carbocycles. The zero-order valence-electron chi connectivity index (χ0n) is 7.79. The van der Waals surface area contributed by atoms with Gasteiger partial charge in [0, 0.05) is 31.2 Å². The number of aromatic nitrogens is 2. The first-order valence-electron chi connectivity index (χ1n) is 4.72. The molecule has 0 spiro atoms. The number of hydrogen-bond acceptors (Lipinski definition) is 5. The van der Waals surface area contributed by atoms with E-state index in [4.69, 9.17) is 0 Å². The molecule has 4 nitrogen and oxygen atoms in total. The van der Waals surface area contributed by atoms with Crippen molar-refractivity contribution >= 4 is 22.6 Å². The molecular formula is C8H14N4S. The molecule has 1 N–H and O–H groups in total. The summed E-state index contributed by atoms with van der Waals surface area (Å²) >= 11 is 1.45. The average Bonchev–Trinajstić information content (AvgIpc) is 2.70. The van der Waals surface area contributed by atoms with E-state index < -0.39 is 0 Å². The first kappa shape index (κ1) is 8.74. The lowest BCUT2D eigenvalue weighted by Gasteiger charge is -2.10. The van der Waals surface area contributed by atoms with Crippen molar-refractivity contribution < 1.29 is 0 Å². The van der Waals surface area contributed by atoms with E-state index in [1.165, 1.54) is 24.4 Å². The van der Waals surface area contributed by atoms with Gasteiger partial charge in [-0.3, -0.25) is 0 Å². The van der Waals surface area contributed by atoms with E-state index in [2.05, 4.69) is 26.5 Å². The molecule has 0 unspecified atom stereocenters. The van der Waals surface area contributed by atoms with E-state index >= 15 is 0 Å². The molecule has 1 aromatic rings. The highest BCUT2D eigenvalue weighted by Gasteiger charge is 2.16. The topological polar surface area (TPSA) is 41.1 Å². The number of hydrogen-bond donors (Lipinski definition) is 1. The fraction of sp³-hybridized carbons (Fsp3) is 0.750. The summed E-state index contributed by atoms with van der Waals surface area (Å²) in [6.07, 6.45) is 2.55. The van der Waals surface area contributed by atoms with Crippen LogP contribution in [0.1, 0.15) is 19.8 Å². The van der Waals surface area contributed by atoms with Crippen LogP contribution in [-0.2, 0) is 0 Å². The average molecular weight is 198 g/mol. The standard InChI is InChI=1S/C8H14N4S/c1-2-9-8-10-7(11-13-8)12-5-3-4-6-12/h2-6H2,1H3,(H,9,10,11). The molecule has 13 heavy (non-hydrogen) atoms. The third kappa shape index (κ3) is 1.91.